The summed E-state index contributed by atoms with van der Waals surface area (Å²) in [7, 11) is 0. The standard InChI is InChI=1S/C31H21N3OS.C23H23N3OS.C18H15NO.Al/c35-28-20-22(33-26-14-6-8-16-29(26)36-30-17-9-7-15-27(30)33)18-19-23(28)31-32-24-12-4-5-13-25(24)34(31)21-10-2-1-3-11-21;1-6-25-21-10-8-7-9-20(21)24-23(25)19-12-11-18(13-22(19)27)26-14(2)16(4)28-17(5)15(26)3;20-18-13-11-17(12-14-18)19(15-7-3-1-4-8-15)16-9-5-2-6-10-16;/h1-20,35H;6-13,27H,1H2,2-5H3;1-14,20H;/q;;;+2/p-2. The summed E-state index contributed by atoms with van der Waals surface area (Å²) in [6.45, 7) is 12.4. The smallest absolute Gasteiger partial charge is 0.616 e. The van der Waals surface area contributed by atoms with Crippen molar-refractivity contribution in [3.63, 3.8) is 0 Å². The summed E-state index contributed by atoms with van der Waals surface area (Å²) in [4.78, 5) is 21.6. The number of nitrogens with zero attached hydrogens (tertiary/aromatic N) is 7. The molecule has 1 N–H and O–H groups in total. The summed E-state index contributed by atoms with van der Waals surface area (Å²) >= 11 is 2.64. The number of hydrogen-bond donors (Lipinski definition) is 1. The van der Waals surface area contributed by atoms with Crippen molar-refractivity contribution in [2.24, 2.45) is 0 Å². The van der Waals surface area contributed by atoms with Crippen LogP contribution in [-0.4, -0.2) is 40.1 Å². The number of rotatable bonds is 13. The number of aromatic nitrogens is 4. The van der Waals surface area contributed by atoms with Crippen LogP contribution in [0.4, 0.5) is 39.8 Å². The average molecular weight is 1160 g/mol. The summed E-state index contributed by atoms with van der Waals surface area (Å²) in [6, 6.07) is 84.8. The number of anilines is 7. The van der Waals surface area contributed by atoms with E-state index >= 15 is 0 Å². The van der Waals surface area contributed by atoms with Gasteiger partial charge in [-0.15, -0.1) is 0 Å². The predicted octanol–water partition coefficient (Wildman–Crippen LogP) is 19.7. The van der Waals surface area contributed by atoms with E-state index in [1.165, 1.54) is 31.0 Å². The van der Waals surface area contributed by atoms with E-state index < -0.39 is 15.9 Å². The van der Waals surface area contributed by atoms with Gasteiger partial charge < -0.3 is 27.4 Å². The largest absolute Gasteiger partial charge is 0.881 e. The van der Waals surface area contributed by atoms with Crippen molar-refractivity contribution in [2.45, 2.75) is 37.5 Å². The number of phenolic OH excluding ortho intramolecular Hbond substituents is 1. The molecule has 0 atom stereocenters. The maximum atomic E-state index is 10.9. The minimum absolute atomic E-state index is 0.199. The van der Waals surface area contributed by atoms with Gasteiger partial charge in [-0.3, -0.25) is 9.13 Å². The molecule has 0 aliphatic carbocycles. The number of benzene rings is 10. The van der Waals surface area contributed by atoms with E-state index in [1.807, 2.05) is 83.4 Å². The van der Waals surface area contributed by atoms with E-state index in [2.05, 4.69) is 223 Å². The third kappa shape index (κ3) is 10.8. The molecule has 0 spiro atoms. The van der Waals surface area contributed by atoms with Crippen LogP contribution in [0, 0.1) is 0 Å². The van der Waals surface area contributed by atoms with Crippen molar-refractivity contribution in [3.05, 3.63) is 277 Å². The molecule has 2 aromatic heterocycles. The van der Waals surface area contributed by atoms with Gasteiger partial charge in [0.1, 0.15) is 17.4 Å². The number of hydrogen-bond acceptors (Lipinski definition) is 10. The van der Waals surface area contributed by atoms with E-state index in [4.69, 9.17) is 17.5 Å². The van der Waals surface area contributed by atoms with Gasteiger partial charge in [0.25, 0.3) is 0 Å². The molecule has 14 rings (SSSR count). The lowest BCUT2D eigenvalue weighted by atomic mass is 10.1. The van der Waals surface area contributed by atoms with Gasteiger partial charge in [0, 0.05) is 83.5 Å². The lowest BCUT2D eigenvalue weighted by molar-refractivity contribution is 0.460. The van der Waals surface area contributed by atoms with Crippen LogP contribution in [0.25, 0.3) is 56.7 Å². The van der Waals surface area contributed by atoms with Gasteiger partial charge in [-0.05, 0) is 161 Å². The Labute approximate surface area is 510 Å². The highest BCUT2D eigenvalue weighted by molar-refractivity contribution is 8.06. The van der Waals surface area contributed by atoms with Crippen LogP contribution in [0.5, 0.6) is 17.2 Å². The Morgan fingerprint density at radius 1 is 0.471 bits per heavy atom. The summed E-state index contributed by atoms with van der Waals surface area (Å²) in [6.07, 6.45) is 1.73. The van der Waals surface area contributed by atoms with Crippen molar-refractivity contribution in [1.29, 1.82) is 0 Å². The number of imidazole rings is 2. The number of allylic oxidation sites excluding steroid dienone is 4. The van der Waals surface area contributed by atoms with Gasteiger partial charge in [-0.2, -0.15) is 0 Å². The second-order valence-corrected chi connectivity index (χ2v) is 23.6. The summed E-state index contributed by atoms with van der Waals surface area (Å²) in [5.74, 6) is 3.11. The molecule has 0 fully saturated rings. The van der Waals surface area contributed by atoms with Gasteiger partial charge in [0.15, 0.2) is 0 Å². The molecular weight excluding hydrogens is 1100 g/mol. The molecule has 10 nitrogen and oxygen atoms in total. The molecule has 0 unspecified atom stereocenters. The molecular formula is C72H57AlN7O3S2. The first-order valence-electron chi connectivity index (χ1n) is 28.0. The van der Waals surface area contributed by atoms with Crippen molar-refractivity contribution in [2.75, 3.05) is 14.7 Å². The Balaban J connectivity index is 0.000000201. The molecule has 4 heterocycles. The molecule has 0 saturated heterocycles. The highest BCUT2D eigenvalue weighted by atomic mass is 32.2. The van der Waals surface area contributed by atoms with Crippen LogP contribution in [-0.2, 0) is 0 Å². The Hall–Kier alpha value is -9.61. The molecule has 2 aliphatic heterocycles. The molecule has 0 amide bonds. The molecule has 10 aromatic carbocycles. The van der Waals surface area contributed by atoms with E-state index in [0.717, 1.165) is 84.7 Å². The van der Waals surface area contributed by atoms with Crippen LogP contribution in [0.2, 0.25) is 0 Å². The third-order valence-corrected chi connectivity index (χ3v) is 18.3. The molecule has 85 heavy (non-hydrogen) atoms. The van der Waals surface area contributed by atoms with Crippen LogP contribution in [0.1, 0.15) is 27.7 Å². The number of thioether (sulfide) groups is 1. The first-order valence-corrected chi connectivity index (χ1v) is 30.5. The van der Waals surface area contributed by atoms with Crippen LogP contribution < -0.4 is 22.3 Å². The highest BCUT2D eigenvalue weighted by Gasteiger charge is 2.28. The van der Waals surface area contributed by atoms with Gasteiger partial charge in [-0.25, -0.2) is 9.97 Å². The van der Waals surface area contributed by atoms with Crippen molar-refractivity contribution in [1.82, 2.24) is 19.1 Å². The van der Waals surface area contributed by atoms with E-state index in [0.29, 0.717) is 17.1 Å². The normalized spacial score (nSPS) is 12.8. The zero-order chi connectivity index (χ0) is 58.0. The molecule has 413 valence electrons. The highest BCUT2D eigenvalue weighted by Crippen LogP contribution is 2.52. The molecule has 2 aliphatic rings. The van der Waals surface area contributed by atoms with Crippen molar-refractivity contribution >= 4 is 107 Å². The molecule has 0 bridgehead atoms. The second-order valence-electron chi connectivity index (χ2n) is 20.4. The van der Waals surface area contributed by atoms with Crippen LogP contribution >= 0.6 is 23.5 Å². The number of para-hydroxylation sites is 9. The molecule has 13 heteroatoms. The second kappa shape index (κ2) is 23.9. The van der Waals surface area contributed by atoms with Gasteiger partial charge >= 0.3 is 15.9 Å². The lowest BCUT2D eigenvalue weighted by Crippen LogP contribution is -2.22. The van der Waals surface area contributed by atoms with Crippen molar-refractivity contribution in [3.8, 4) is 45.7 Å². The fourth-order valence-electron chi connectivity index (χ4n) is 11.0. The van der Waals surface area contributed by atoms with Gasteiger partial charge in [0.05, 0.1) is 56.1 Å². The van der Waals surface area contributed by atoms with E-state index in [9.17, 15) is 5.11 Å². The number of phenols is 1. The summed E-state index contributed by atoms with van der Waals surface area (Å²) in [5.41, 5.74) is 16.1. The minimum Gasteiger partial charge on any atom is -0.616 e. The van der Waals surface area contributed by atoms with Crippen molar-refractivity contribution < 1.29 is 12.7 Å². The number of fused-ring (bicyclic) bond motifs is 4. The molecule has 1 radical (unpaired) electrons. The zero-order valence-electron chi connectivity index (χ0n) is 47.2. The maximum absolute atomic E-state index is 10.9. The summed E-state index contributed by atoms with van der Waals surface area (Å²) in [5, 5.41) is 10.9. The Morgan fingerprint density at radius 3 is 1.59 bits per heavy atom. The first-order chi connectivity index (χ1) is 41.7. The third-order valence-electron chi connectivity index (χ3n) is 15.2. The molecule has 12 aromatic rings. The van der Waals surface area contributed by atoms with E-state index in [1.54, 1.807) is 29.7 Å². The fourth-order valence-corrected chi connectivity index (χ4v) is 13.6. The van der Waals surface area contributed by atoms with Crippen LogP contribution in [0.15, 0.2) is 286 Å². The van der Waals surface area contributed by atoms with Gasteiger partial charge in [0.2, 0.25) is 0 Å². The average Bonchev–Trinajstić information content (AvgIpc) is 3.83. The Morgan fingerprint density at radius 2 is 0.976 bits per heavy atom. The monoisotopic (exact) mass is 1160 g/mol. The quantitative estimate of drug-likeness (QED) is 0.113. The topological polar surface area (TPSA) is 84.1 Å². The molecule has 0 saturated carbocycles. The zero-order valence-corrected chi connectivity index (χ0v) is 50.0. The Kier molecular flexibility index (Phi) is 15.4. The number of aromatic hydroxyl groups is 1. The minimum atomic E-state index is -0.954. The first kappa shape index (κ1) is 54.6. The van der Waals surface area contributed by atoms with E-state index in [-0.39, 0.29) is 5.75 Å². The Bertz CT molecular complexity index is 4400. The van der Waals surface area contributed by atoms with Crippen LogP contribution in [0.3, 0.4) is 0 Å². The summed E-state index contributed by atoms with van der Waals surface area (Å²) < 4.78 is 17.3. The SMILES string of the molecule is C=Cn1c(-c2ccc(N3C(C)=C(C)SC(C)=C3C)cc2O)nc2ccccc21.c1ccc(N(c2ccccc2)c2ccc([O][Al][O]c3cc(N4c5ccccc5Sc5ccccc54)ccc3-c3nc4ccccc4n3-c3ccccc3)cc2)cc1. The lowest BCUT2D eigenvalue weighted by Gasteiger charge is -2.33. The predicted molar refractivity (Wildman–Crippen MR) is 353 cm³/mol. The fraction of sp³-hybridized carbons (Fsp3) is 0.0556. The van der Waals surface area contributed by atoms with Gasteiger partial charge in [-0.1, -0.05) is 133 Å². The maximum Gasteiger partial charge on any atom is 0.881 e.